The molecule has 124 valence electrons. The van der Waals surface area contributed by atoms with Crippen LogP contribution in [0.25, 0.3) is 0 Å². The Kier molecular flexibility index (Phi) is 6.90. The highest BCUT2D eigenvalue weighted by Gasteiger charge is 2.17. The zero-order chi connectivity index (χ0) is 15.2. The first-order valence-corrected chi connectivity index (χ1v) is 8.04. The Morgan fingerprint density at radius 2 is 1.78 bits per heavy atom. The molecule has 3 rings (SSSR count). The Labute approximate surface area is 144 Å². The fourth-order valence-electron chi connectivity index (χ4n) is 2.99. The molecule has 0 radical (unpaired) electrons. The van der Waals surface area contributed by atoms with E-state index in [9.17, 15) is 0 Å². The van der Waals surface area contributed by atoms with E-state index in [1.54, 1.807) is 0 Å². The van der Waals surface area contributed by atoms with Crippen molar-refractivity contribution in [3.05, 3.63) is 65.7 Å². The van der Waals surface area contributed by atoms with Gasteiger partial charge in [-0.05, 0) is 31.0 Å². The zero-order valence-electron chi connectivity index (χ0n) is 13.4. The van der Waals surface area contributed by atoms with E-state index in [-0.39, 0.29) is 12.4 Å². The van der Waals surface area contributed by atoms with Gasteiger partial charge in [0.25, 0.3) is 0 Å². The molecule has 2 aromatic rings. The Hall–Kier alpha value is -1.55. The minimum atomic E-state index is 0. The number of nitrogens with zero attached hydrogens (tertiary/aromatic N) is 1. The lowest BCUT2D eigenvalue weighted by atomic mass is 10.1. The van der Waals surface area contributed by atoms with E-state index < -0.39 is 0 Å². The lowest BCUT2D eigenvalue weighted by Gasteiger charge is -2.31. The summed E-state index contributed by atoms with van der Waals surface area (Å²) in [7, 11) is 0. The predicted molar refractivity (Wildman–Crippen MR) is 97.0 cm³/mol. The Bertz CT molecular complexity index is 591. The van der Waals surface area contributed by atoms with Gasteiger partial charge in [0.2, 0.25) is 0 Å². The first kappa shape index (κ1) is 17.8. The average Bonchev–Trinajstić information content (AvgIpc) is 2.55. The Balaban J connectivity index is 0.00000192. The maximum Gasteiger partial charge on any atom is 0.124 e. The van der Waals surface area contributed by atoms with Crippen LogP contribution in [0.4, 0.5) is 0 Å². The highest BCUT2D eigenvalue weighted by molar-refractivity contribution is 5.85. The van der Waals surface area contributed by atoms with Gasteiger partial charge in [-0.15, -0.1) is 12.4 Å². The molecule has 1 atom stereocenters. The highest BCUT2D eigenvalue weighted by atomic mass is 35.5. The molecule has 0 spiro atoms. The van der Waals surface area contributed by atoms with Gasteiger partial charge in [0, 0.05) is 24.7 Å². The SMILES string of the molecule is Cl.NC1CCCN(Cc2ccccc2OCc2ccccc2)C1. The molecule has 1 aliphatic rings. The van der Waals surface area contributed by atoms with Crippen molar-refractivity contribution in [1.82, 2.24) is 4.90 Å². The number of ether oxygens (including phenoxy) is 1. The molecule has 23 heavy (non-hydrogen) atoms. The number of piperidine rings is 1. The largest absolute Gasteiger partial charge is 0.489 e. The number of rotatable bonds is 5. The van der Waals surface area contributed by atoms with Gasteiger partial charge in [0.15, 0.2) is 0 Å². The summed E-state index contributed by atoms with van der Waals surface area (Å²) in [6, 6.07) is 18.9. The number of nitrogens with two attached hydrogens (primary N) is 1. The third-order valence-corrected chi connectivity index (χ3v) is 4.15. The summed E-state index contributed by atoms with van der Waals surface area (Å²) in [6.45, 7) is 3.63. The molecule has 1 saturated heterocycles. The van der Waals surface area contributed by atoms with Crippen LogP contribution in [-0.4, -0.2) is 24.0 Å². The first-order chi connectivity index (χ1) is 10.8. The van der Waals surface area contributed by atoms with E-state index >= 15 is 0 Å². The summed E-state index contributed by atoms with van der Waals surface area (Å²) in [5.74, 6) is 0.977. The topological polar surface area (TPSA) is 38.5 Å². The van der Waals surface area contributed by atoms with Crippen molar-refractivity contribution in [2.45, 2.75) is 32.0 Å². The molecule has 1 fully saturated rings. The maximum atomic E-state index is 6.08. The molecular formula is C19H25ClN2O. The normalized spacial score (nSPS) is 18.2. The Morgan fingerprint density at radius 1 is 1.04 bits per heavy atom. The second kappa shape index (κ2) is 8.92. The number of hydrogen-bond acceptors (Lipinski definition) is 3. The molecular weight excluding hydrogens is 308 g/mol. The first-order valence-electron chi connectivity index (χ1n) is 8.04. The van der Waals surface area contributed by atoms with Gasteiger partial charge >= 0.3 is 0 Å². The number of benzene rings is 2. The van der Waals surface area contributed by atoms with Crippen LogP contribution in [0.2, 0.25) is 0 Å². The van der Waals surface area contributed by atoms with Crippen LogP contribution in [0.1, 0.15) is 24.0 Å². The summed E-state index contributed by atoms with van der Waals surface area (Å²) in [5.41, 5.74) is 8.51. The van der Waals surface area contributed by atoms with E-state index in [0.29, 0.717) is 12.6 Å². The van der Waals surface area contributed by atoms with Crippen LogP contribution < -0.4 is 10.5 Å². The van der Waals surface area contributed by atoms with Crippen LogP contribution >= 0.6 is 12.4 Å². The lowest BCUT2D eigenvalue weighted by Crippen LogP contribution is -2.42. The van der Waals surface area contributed by atoms with Crippen molar-refractivity contribution >= 4 is 12.4 Å². The number of para-hydroxylation sites is 1. The molecule has 0 aliphatic carbocycles. The van der Waals surface area contributed by atoms with Crippen molar-refractivity contribution < 1.29 is 4.74 Å². The van der Waals surface area contributed by atoms with Crippen LogP contribution in [0.5, 0.6) is 5.75 Å². The van der Waals surface area contributed by atoms with E-state index in [1.807, 2.05) is 24.3 Å². The fraction of sp³-hybridized carbons (Fsp3) is 0.368. The van der Waals surface area contributed by atoms with Crippen LogP contribution in [0.3, 0.4) is 0 Å². The number of halogens is 1. The van der Waals surface area contributed by atoms with Gasteiger partial charge in [-0.3, -0.25) is 4.90 Å². The third kappa shape index (κ3) is 5.24. The number of likely N-dealkylation sites (tertiary alicyclic amines) is 1. The second-order valence-electron chi connectivity index (χ2n) is 6.02. The average molecular weight is 333 g/mol. The highest BCUT2D eigenvalue weighted by Crippen LogP contribution is 2.22. The van der Waals surface area contributed by atoms with E-state index in [4.69, 9.17) is 10.5 Å². The summed E-state index contributed by atoms with van der Waals surface area (Å²) in [5, 5.41) is 0. The molecule has 1 unspecified atom stereocenters. The lowest BCUT2D eigenvalue weighted by molar-refractivity contribution is 0.197. The van der Waals surface area contributed by atoms with Gasteiger partial charge in [0.05, 0.1) is 0 Å². The van der Waals surface area contributed by atoms with E-state index in [1.165, 1.54) is 17.5 Å². The standard InChI is InChI=1S/C19H24N2O.ClH/c20-18-10-6-12-21(14-18)13-17-9-4-5-11-19(17)22-15-16-7-2-1-3-8-16;/h1-5,7-9,11,18H,6,10,12-15,20H2;1H. The molecule has 4 heteroatoms. The zero-order valence-corrected chi connectivity index (χ0v) is 14.2. The minimum absolute atomic E-state index is 0. The predicted octanol–water partition coefficient (Wildman–Crippen LogP) is 3.61. The molecule has 0 bridgehead atoms. The van der Waals surface area contributed by atoms with Crippen molar-refractivity contribution in [3.8, 4) is 5.75 Å². The maximum absolute atomic E-state index is 6.08. The van der Waals surface area contributed by atoms with Crippen molar-refractivity contribution in [1.29, 1.82) is 0 Å². The van der Waals surface area contributed by atoms with Crippen molar-refractivity contribution in [2.75, 3.05) is 13.1 Å². The monoisotopic (exact) mass is 332 g/mol. The smallest absolute Gasteiger partial charge is 0.124 e. The Morgan fingerprint density at radius 3 is 2.57 bits per heavy atom. The van der Waals surface area contributed by atoms with Crippen LogP contribution in [0, 0.1) is 0 Å². The molecule has 2 aromatic carbocycles. The van der Waals surface area contributed by atoms with E-state index in [2.05, 4.69) is 35.2 Å². The fourth-order valence-corrected chi connectivity index (χ4v) is 2.99. The van der Waals surface area contributed by atoms with Gasteiger partial charge < -0.3 is 10.5 Å². The third-order valence-electron chi connectivity index (χ3n) is 4.15. The van der Waals surface area contributed by atoms with E-state index in [0.717, 1.165) is 31.8 Å². The van der Waals surface area contributed by atoms with Crippen LogP contribution in [-0.2, 0) is 13.2 Å². The minimum Gasteiger partial charge on any atom is -0.489 e. The van der Waals surface area contributed by atoms with Crippen molar-refractivity contribution in [2.24, 2.45) is 5.73 Å². The van der Waals surface area contributed by atoms with Crippen molar-refractivity contribution in [3.63, 3.8) is 0 Å². The molecule has 0 amide bonds. The molecule has 0 aromatic heterocycles. The van der Waals surface area contributed by atoms with Crippen LogP contribution in [0.15, 0.2) is 54.6 Å². The summed E-state index contributed by atoms with van der Waals surface area (Å²) in [6.07, 6.45) is 2.33. The van der Waals surface area contributed by atoms with Gasteiger partial charge in [-0.2, -0.15) is 0 Å². The summed E-state index contributed by atoms with van der Waals surface area (Å²) in [4.78, 5) is 2.43. The van der Waals surface area contributed by atoms with Gasteiger partial charge in [-0.1, -0.05) is 48.5 Å². The molecule has 1 aliphatic heterocycles. The number of hydrogen-bond donors (Lipinski definition) is 1. The quantitative estimate of drug-likeness (QED) is 0.909. The molecule has 1 heterocycles. The van der Waals surface area contributed by atoms with Gasteiger partial charge in [0.1, 0.15) is 12.4 Å². The molecule has 3 nitrogen and oxygen atoms in total. The summed E-state index contributed by atoms with van der Waals surface area (Å²) < 4.78 is 6.03. The second-order valence-corrected chi connectivity index (χ2v) is 6.02. The molecule has 2 N–H and O–H groups in total. The molecule has 0 saturated carbocycles. The van der Waals surface area contributed by atoms with Gasteiger partial charge in [-0.25, -0.2) is 0 Å². The summed E-state index contributed by atoms with van der Waals surface area (Å²) >= 11 is 0.